The zero-order chi connectivity index (χ0) is 25.9. The van der Waals surface area contributed by atoms with Gasteiger partial charge in [-0.2, -0.15) is 4.98 Å². The second-order valence-electron chi connectivity index (χ2n) is 8.75. The maximum Gasteiger partial charge on any atom is 0.333 e. The van der Waals surface area contributed by atoms with Crippen LogP contribution in [0.15, 0.2) is 64.2 Å². The van der Waals surface area contributed by atoms with Crippen molar-refractivity contribution in [3.05, 3.63) is 86.0 Å². The van der Waals surface area contributed by atoms with Crippen molar-refractivity contribution >= 4 is 34.7 Å². The van der Waals surface area contributed by atoms with Gasteiger partial charge in [-0.05, 0) is 24.1 Å². The average Bonchev–Trinajstić information content (AvgIpc) is 3.32. The number of fused-ring (bicyclic) bond motifs is 1. The fourth-order valence-corrected chi connectivity index (χ4v) is 4.81. The smallest absolute Gasteiger partial charge is 0.333 e. The van der Waals surface area contributed by atoms with E-state index in [2.05, 4.69) is 5.32 Å². The first-order valence-corrected chi connectivity index (χ1v) is 12.4. The Balaban J connectivity index is 1.79. The monoisotopic (exact) mass is 522 g/mol. The number of para-hydroxylation sites is 1. The van der Waals surface area contributed by atoms with Crippen LogP contribution in [0.3, 0.4) is 0 Å². The predicted molar refractivity (Wildman–Crippen MR) is 142 cm³/mol. The first-order chi connectivity index (χ1) is 18.0. The molecular formula is C26H27ClN6O4. The molecule has 3 heterocycles. The molecule has 4 aromatic rings. The van der Waals surface area contributed by atoms with E-state index >= 15 is 0 Å². The third kappa shape index (κ3) is 4.77. The molecule has 0 saturated carbocycles. The lowest BCUT2D eigenvalue weighted by Crippen LogP contribution is -2.44. The molecule has 1 aliphatic rings. The summed E-state index contributed by atoms with van der Waals surface area (Å²) in [5, 5.41) is 3.74. The van der Waals surface area contributed by atoms with Crippen LogP contribution in [-0.4, -0.2) is 57.9 Å². The Kier molecular flexibility index (Phi) is 7.11. The van der Waals surface area contributed by atoms with Crippen LogP contribution in [0.5, 0.6) is 0 Å². The van der Waals surface area contributed by atoms with Gasteiger partial charge in [0.25, 0.3) is 5.56 Å². The summed E-state index contributed by atoms with van der Waals surface area (Å²) in [7, 11) is 1.25. The molecule has 0 amide bonds. The SMILES string of the molecule is COC(=O)Cn1c(=O)n(CCc2ccccc2)c(=O)c2c1nc(N1CCNCC1)n2-c1ccccc1Cl. The number of benzene rings is 2. The molecule has 5 rings (SSSR count). The molecule has 0 spiro atoms. The van der Waals surface area contributed by atoms with E-state index < -0.39 is 17.2 Å². The number of piperazine rings is 1. The summed E-state index contributed by atoms with van der Waals surface area (Å²) < 4.78 is 8.94. The Bertz CT molecular complexity index is 1550. The van der Waals surface area contributed by atoms with Crippen molar-refractivity contribution in [2.45, 2.75) is 19.5 Å². The number of esters is 1. The summed E-state index contributed by atoms with van der Waals surface area (Å²) in [5.41, 5.74) is 0.730. The van der Waals surface area contributed by atoms with E-state index in [1.165, 1.54) is 11.7 Å². The van der Waals surface area contributed by atoms with E-state index in [0.29, 0.717) is 36.2 Å². The molecule has 0 unspecified atom stereocenters. The molecule has 1 fully saturated rings. The number of methoxy groups -OCH3 is 1. The fraction of sp³-hybridized carbons (Fsp3) is 0.308. The second kappa shape index (κ2) is 10.6. The van der Waals surface area contributed by atoms with E-state index in [0.717, 1.165) is 23.2 Å². The minimum absolute atomic E-state index is 0.116. The Morgan fingerprint density at radius 1 is 1.03 bits per heavy atom. The minimum Gasteiger partial charge on any atom is -0.468 e. The molecule has 37 heavy (non-hydrogen) atoms. The highest BCUT2D eigenvalue weighted by molar-refractivity contribution is 6.32. The standard InChI is InChI=1S/C26H27ClN6O4/c1-37-21(34)17-32-23-22(24(35)31(26(32)36)14-11-18-7-3-2-4-8-18)33(20-10-6-5-9-19(20)27)25(29-23)30-15-12-28-13-16-30/h2-10,28H,11-17H2,1H3. The average molecular weight is 523 g/mol. The quantitative estimate of drug-likeness (QED) is 0.369. The molecule has 2 aromatic carbocycles. The van der Waals surface area contributed by atoms with E-state index in [1.54, 1.807) is 22.8 Å². The van der Waals surface area contributed by atoms with Crippen LogP contribution in [0.1, 0.15) is 5.56 Å². The van der Waals surface area contributed by atoms with E-state index in [-0.39, 0.29) is 24.3 Å². The largest absolute Gasteiger partial charge is 0.468 e. The van der Waals surface area contributed by atoms with Gasteiger partial charge in [0.1, 0.15) is 6.54 Å². The van der Waals surface area contributed by atoms with Crippen molar-refractivity contribution in [3.63, 3.8) is 0 Å². The summed E-state index contributed by atoms with van der Waals surface area (Å²) in [6.45, 7) is 2.53. The number of aryl methyl sites for hydroxylation is 1. The summed E-state index contributed by atoms with van der Waals surface area (Å²) >= 11 is 6.61. The van der Waals surface area contributed by atoms with Gasteiger partial charge in [0, 0.05) is 32.7 Å². The maximum absolute atomic E-state index is 14.0. The summed E-state index contributed by atoms with van der Waals surface area (Å²) in [4.78, 5) is 46.7. The molecule has 0 bridgehead atoms. The van der Waals surface area contributed by atoms with Crippen molar-refractivity contribution in [1.29, 1.82) is 0 Å². The number of nitrogens with zero attached hydrogens (tertiary/aromatic N) is 5. The number of anilines is 1. The van der Waals surface area contributed by atoms with Crippen LogP contribution in [0.2, 0.25) is 5.02 Å². The third-order valence-electron chi connectivity index (χ3n) is 6.48. The maximum atomic E-state index is 14.0. The molecule has 2 aromatic heterocycles. The fourth-order valence-electron chi connectivity index (χ4n) is 4.59. The van der Waals surface area contributed by atoms with E-state index in [4.69, 9.17) is 21.3 Å². The van der Waals surface area contributed by atoms with Gasteiger partial charge < -0.3 is 15.0 Å². The van der Waals surface area contributed by atoms with Crippen LogP contribution in [0.4, 0.5) is 5.95 Å². The molecule has 10 nitrogen and oxygen atoms in total. The van der Waals surface area contributed by atoms with Crippen molar-refractivity contribution in [2.75, 3.05) is 38.2 Å². The predicted octanol–water partition coefficient (Wildman–Crippen LogP) is 1.83. The van der Waals surface area contributed by atoms with Gasteiger partial charge in [-0.1, -0.05) is 54.1 Å². The number of nitrogens with one attached hydrogen (secondary N) is 1. The number of carbonyl (C=O) groups is 1. The summed E-state index contributed by atoms with van der Waals surface area (Å²) in [6.07, 6.45) is 0.463. The molecule has 192 valence electrons. The molecule has 0 radical (unpaired) electrons. The first-order valence-electron chi connectivity index (χ1n) is 12.1. The Morgan fingerprint density at radius 2 is 1.73 bits per heavy atom. The first kappa shape index (κ1) is 24.8. The van der Waals surface area contributed by atoms with Crippen molar-refractivity contribution in [2.24, 2.45) is 0 Å². The van der Waals surface area contributed by atoms with Crippen molar-refractivity contribution in [1.82, 2.24) is 24.0 Å². The van der Waals surface area contributed by atoms with Crippen LogP contribution in [0, 0.1) is 0 Å². The van der Waals surface area contributed by atoms with Gasteiger partial charge >= 0.3 is 11.7 Å². The molecule has 1 aliphatic heterocycles. The lowest BCUT2D eigenvalue weighted by atomic mass is 10.1. The lowest BCUT2D eigenvalue weighted by molar-refractivity contribution is -0.141. The molecule has 11 heteroatoms. The molecule has 0 atom stereocenters. The van der Waals surface area contributed by atoms with Gasteiger partial charge in [0.2, 0.25) is 5.95 Å². The highest BCUT2D eigenvalue weighted by Crippen LogP contribution is 2.29. The number of hydrogen-bond acceptors (Lipinski definition) is 7. The summed E-state index contributed by atoms with van der Waals surface area (Å²) in [6, 6.07) is 16.8. The number of aromatic nitrogens is 4. The number of imidazole rings is 1. The van der Waals surface area contributed by atoms with Crippen LogP contribution < -0.4 is 21.5 Å². The van der Waals surface area contributed by atoms with Gasteiger partial charge in [-0.25, -0.2) is 4.79 Å². The second-order valence-corrected chi connectivity index (χ2v) is 9.15. The van der Waals surface area contributed by atoms with Crippen LogP contribution >= 0.6 is 11.6 Å². The topological polar surface area (TPSA) is 103 Å². The van der Waals surface area contributed by atoms with E-state index in [1.807, 2.05) is 41.3 Å². The molecular weight excluding hydrogens is 496 g/mol. The van der Waals surface area contributed by atoms with Crippen molar-refractivity contribution < 1.29 is 9.53 Å². The van der Waals surface area contributed by atoms with Crippen LogP contribution in [0.25, 0.3) is 16.9 Å². The molecule has 1 saturated heterocycles. The summed E-state index contributed by atoms with van der Waals surface area (Å²) in [5.74, 6) is -0.131. The van der Waals surface area contributed by atoms with Gasteiger partial charge in [-0.3, -0.25) is 23.3 Å². The van der Waals surface area contributed by atoms with Crippen LogP contribution in [-0.2, 0) is 29.0 Å². The lowest BCUT2D eigenvalue weighted by Gasteiger charge is -2.28. The highest BCUT2D eigenvalue weighted by Gasteiger charge is 2.27. The number of rotatable bonds is 7. The van der Waals surface area contributed by atoms with Gasteiger partial charge in [0.05, 0.1) is 17.8 Å². The number of hydrogen-bond donors (Lipinski definition) is 1. The Labute approximate surface area is 217 Å². The van der Waals surface area contributed by atoms with E-state index in [9.17, 15) is 14.4 Å². The highest BCUT2D eigenvalue weighted by atomic mass is 35.5. The van der Waals surface area contributed by atoms with Crippen molar-refractivity contribution in [3.8, 4) is 5.69 Å². The zero-order valence-corrected chi connectivity index (χ0v) is 21.1. The third-order valence-corrected chi connectivity index (χ3v) is 6.80. The number of ether oxygens (including phenoxy) is 1. The van der Waals surface area contributed by atoms with Gasteiger partial charge in [0.15, 0.2) is 11.2 Å². The Morgan fingerprint density at radius 3 is 2.43 bits per heavy atom. The number of halogens is 1. The molecule has 1 N–H and O–H groups in total. The minimum atomic E-state index is -0.618. The van der Waals surface area contributed by atoms with Gasteiger partial charge in [-0.15, -0.1) is 0 Å². The number of carbonyl (C=O) groups excluding carboxylic acids is 1. The Hall–Kier alpha value is -3.89. The normalized spacial score (nSPS) is 13.7. The molecule has 0 aliphatic carbocycles. The zero-order valence-electron chi connectivity index (χ0n) is 20.4.